The number of nitrogens with zero attached hydrogens (tertiary/aromatic N) is 3. The van der Waals surface area contributed by atoms with Crippen LogP contribution in [0.2, 0.25) is 0 Å². The van der Waals surface area contributed by atoms with Gasteiger partial charge in [0, 0.05) is 25.5 Å². The van der Waals surface area contributed by atoms with Gasteiger partial charge in [-0.25, -0.2) is 0 Å². The Hall–Kier alpha value is -1.40. The number of hydrogen-bond donors (Lipinski definition) is 2. The zero-order valence-corrected chi connectivity index (χ0v) is 9.73. The van der Waals surface area contributed by atoms with Gasteiger partial charge < -0.3 is 10.2 Å². The molecule has 2 N–H and O–H groups in total. The minimum Gasteiger partial charge on any atom is -0.480 e. The Kier molecular flexibility index (Phi) is 3.44. The summed E-state index contributed by atoms with van der Waals surface area (Å²) in [5.74, 6) is -0.833. The molecule has 1 aliphatic heterocycles. The van der Waals surface area contributed by atoms with Crippen LogP contribution in [0.1, 0.15) is 19.4 Å². The van der Waals surface area contributed by atoms with Crippen molar-refractivity contribution in [2.75, 3.05) is 13.1 Å². The van der Waals surface area contributed by atoms with E-state index in [1.807, 2.05) is 6.92 Å². The fourth-order valence-electron chi connectivity index (χ4n) is 2.38. The minimum atomic E-state index is -0.833. The number of aliphatic carboxylic acids is 1. The highest BCUT2D eigenvalue weighted by molar-refractivity contribution is 5.73. The number of β-amino-alcohol motifs (C(OH)–C–C–N with tert-alkyl or cyclic N) is 1. The highest BCUT2D eigenvalue weighted by atomic mass is 16.4. The lowest BCUT2D eigenvalue weighted by molar-refractivity contribution is -0.143. The van der Waals surface area contributed by atoms with Crippen molar-refractivity contribution in [1.82, 2.24) is 14.7 Å². The van der Waals surface area contributed by atoms with Gasteiger partial charge in [0.25, 0.3) is 0 Å². The van der Waals surface area contributed by atoms with E-state index in [0.29, 0.717) is 19.5 Å². The van der Waals surface area contributed by atoms with Crippen molar-refractivity contribution in [1.29, 1.82) is 0 Å². The zero-order valence-electron chi connectivity index (χ0n) is 9.73. The maximum Gasteiger partial charge on any atom is 0.320 e. The summed E-state index contributed by atoms with van der Waals surface area (Å²) < 4.78 is 1.69. The van der Waals surface area contributed by atoms with E-state index in [-0.39, 0.29) is 6.04 Å². The summed E-state index contributed by atoms with van der Waals surface area (Å²) in [5.41, 5.74) is 0. The van der Waals surface area contributed by atoms with Gasteiger partial charge in [-0.05, 0) is 12.5 Å². The molecule has 94 valence electrons. The smallest absolute Gasteiger partial charge is 0.320 e. The van der Waals surface area contributed by atoms with Crippen LogP contribution in [-0.2, 0) is 4.79 Å². The fraction of sp³-hybridized carbons (Fsp3) is 0.636. The Bertz CT molecular complexity index is 379. The van der Waals surface area contributed by atoms with E-state index >= 15 is 0 Å². The molecule has 1 aliphatic rings. The lowest BCUT2D eigenvalue weighted by Crippen LogP contribution is -2.39. The first-order valence-electron chi connectivity index (χ1n) is 5.77. The number of likely N-dealkylation sites (tertiary alicyclic amines) is 1. The number of aliphatic hydroxyl groups excluding tert-OH is 1. The van der Waals surface area contributed by atoms with E-state index in [4.69, 9.17) is 5.11 Å². The van der Waals surface area contributed by atoms with Gasteiger partial charge in [0.2, 0.25) is 0 Å². The SMILES string of the molecule is CC[C@H](C(=O)O)N1C[C@@H](n2cccn2)[C@@H](O)C1. The molecular formula is C11H17N3O3. The van der Waals surface area contributed by atoms with Crippen LogP contribution in [0.3, 0.4) is 0 Å². The number of rotatable bonds is 4. The Labute approximate surface area is 99.5 Å². The number of aromatic nitrogens is 2. The third-order valence-electron chi connectivity index (χ3n) is 3.26. The first-order chi connectivity index (χ1) is 8.13. The van der Waals surface area contributed by atoms with Gasteiger partial charge in [-0.1, -0.05) is 6.92 Å². The molecule has 2 rings (SSSR count). The largest absolute Gasteiger partial charge is 0.480 e. The summed E-state index contributed by atoms with van der Waals surface area (Å²) in [7, 11) is 0. The predicted octanol–water partition coefficient (Wildman–Crippen LogP) is -0.0361. The Morgan fingerprint density at radius 3 is 2.88 bits per heavy atom. The van der Waals surface area contributed by atoms with E-state index in [0.717, 1.165) is 0 Å². The van der Waals surface area contributed by atoms with E-state index in [1.54, 1.807) is 28.0 Å². The van der Waals surface area contributed by atoms with Crippen LogP contribution in [0, 0.1) is 0 Å². The standard InChI is InChI=1S/C11H17N3O3/c1-2-8(11(16)17)13-6-9(10(15)7-13)14-5-3-4-12-14/h3-5,8-10,15H,2,6-7H2,1H3,(H,16,17)/t8-,9-,10+/m1/s1. The molecule has 6 heteroatoms. The van der Waals surface area contributed by atoms with Gasteiger partial charge in [-0.15, -0.1) is 0 Å². The van der Waals surface area contributed by atoms with Crippen LogP contribution in [0.25, 0.3) is 0 Å². The first-order valence-corrected chi connectivity index (χ1v) is 5.77. The Morgan fingerprint density at radius 1 is 1.59 bits per heavy atom. The van der Waals surface area contributed by atoms with E-state index in [9.17, 15) is 9.90 Å². The number of carboxylic acids is 1. The Balaban J connectivity index is 2.09. The molecule has 0 spiro atoms. The average molecular weight is 239 g/mol. The van der Waals surface area contributed by atoms with Crippen LogP contribution < -0.4 is 0 Å². The summed E-state index contributed by atoms with van der Waals surface area (Å²) >= 11 is 0. The molecule has 0 bridgehead atoms. The van der Waals surface area contributed by atoms with Crippen LogP contribution in [-0.4, -0.2) is 56.1 Å². The number of carbonyl (C=O) groups is 1. The second-order valence-corrected chi connectivity index (χ2v) is 4.34. The summed E-state index contributed by atoms with van der Waals surface area (Å²) in [6.45, 7) is 2.75. The van der Waals surface area contributed by atoms with Gasteiger partial charge in [0.1, 0.15) is 6.04 Å². The number of hydrogen-bond acceptors (Lipinski definition) is 4. The van der Waals surface area contributed by atoms with Crippen molar-refractivity contribution >= 4 is 5.97 Å². The van der Waals surface area contributed by atoms with Crippen LogP contribution in [0.5, 0.6) is 0 Å². The molecule has 0 aliphatic carbocycles. The molecule has 1 fully saturated rings. The summed E-state index contributed by atoms with van der Waals surface area (Å²) in [6.07, 6.45) is 3.42. The summed E-state index contributed by atoms with van der Waals surface area (Å²) in [6, 6.07) is 1.12. The fourth-order valence-corrected chi connectivity index (χ4v) is 2.38. The lowest BCUT2D eigenvalue weighted by Gasteiger charge is -2.22. The highest BCUT2D eigenvalue weighted by Crippen LogP contribution is 2.24. The summed E-state index contributed by atoms with van der Waals surface area (Å²) in [4.78, 5) is 12.9. The van der Waals surface area contributed by atoms with Crippen LogP contribution >= 0.6 is 0 Å². The number of carboxylic acid groups (broad SMARTS) is 1. The molecule has 1 saturated heterocycles. The normalized spacial score (nSPS) is 27.2. The summed E-state index contributed by atoms with van der Waals surface area (Å²) in [5, 5.41) is 23.1. The van der Waals surface area contributed by atoms with Crippen molar-refractivity contribution in [3.63, 3.8) is 0 Å². The quantitative estimate of drug-likeness (QED) is 0.771. The molecule has 17 heavy (non-hydrogen) atoms. The van der Waals surface area contributed by atoms with Crippen LogP contribution in [0.4, 0.5) is 0 Å². The molecule has 1 aromatic heterocycles. The van der Waals surface area contributed by atoms with Crippen molar-refractivity contribution in [3.8, 4) is 0 Å². The van der Waals surface area contributed by atoms with E-state index in [1.165, 1.54) is 0 Å². The van der Waals surface area contributed by atoms with Gasteiger partial charge >= 0.3 is 5.97 Å². The average Bonchev–Trinajstić information content (AvgIpc) is 2.87. The molecule has 0 amide bonds. The second kappa shape index (κ2) is 4.85. The van der Waals surface area contributed by atoms with Gasteiger partial charge in [0.05, 0.1) is 12.1 Å². The Morgan fingerprint density at radius 2 is 2.35 bits per heavy atom. The van der Waals surface area contributed by atoms with Crippen molar-refractivity contribution in [2.24, 2.45) is 0 Å². The van der Waals surface area contributed by atoms with Crippen LogP contribution in [0.15, 0.2) is 18.5 Å². The number of aliphatic hydroxyl groups is 1. The monoisotopic (exact) mass is 239 g/mol. The van der Waals surface area contributed by atoms with E-state index in [2.05, 4.69) is 5.10 Å². The second-order valence-electron chi connectivity index (χ2n) is 4.34. The van der Waals surface area contributed by atoms with Crippen molar-refractivity contribution < 1.29 is 15.0 Å². The first kappa shape index (κ1) is 12.1. The topological polar surface area (TPSA) is 78.6 Å². The van der Waals surface area contributed by atoms with Gasteiger partial charge in [-0.2, -0.15) is 5.10 Å². The maximum absolute atomic E-state index is 11.1. The minimum absolute atomic E-state index is 0.154. The van der Waals surface area contributed by atoms with Gasteiger partial charge in [-0.3, -0.25) is 14.4 Å². The molecule has 0 radical (unpaired) electrons. The maximum atomic E-state index is 11.1. The third kappa shape index (κ3) is 2.32. The molecule has 0 unspecified atom stereocenters. The highest BCUT2D eigenvalue weighted by Gasteiger charge is 2.38. The molecule has 6 nitrogen and oxygen atoms in total. The molecule has 3 atom stereocenters. The van der Waals surface area contributed by atoms with E-state index < -0.39 is 18.1 Å². The third-order valence-corrected chi connectivity index (χ3v) is 3.26. The van der Waals surface area contributed by atoms with Crippen molar-refractivity contribution in [3.05, 3.63) is 18.5 Å². The zero-order chi connectivity index (χ0) is 12.4. The molecule has 2 heterocycles. The van der Waals surface area contributed by atoms with Gasteiger partial charge in [0.15, 0.2) is 0 Å². The molecular weight excluding hydrogens is 222 g/mol. The predicted molar refractivity (Wildman–Crippen MR) is 60.6 cm³/mol. The molecule has 1 aromatic rings. The van der Waals surface area contributed by atoms with Crippen molar-refractivity contribution in [2.45, 2.75) is 31.5 Å². The molecule has 0 aromatic carbocycles. The lowest BCUT2D eigenvalue weighted by atomic mass is 10.2. The molecule has 0 saturated carbocycles.